The minimum absolute atomic E-state index is 0.0467. The Labute approximate surface area is 224 Å². The number of halogens is 1. The summed E-state index contributed by atoms with van der Waals surface area (Å²) in [6.45, 7) is 8.25. The molecule has 0 aliphatic heterocycles. The number of nitrogens with one attached hydrogen (secondary N) is 1. The van der Waals surface area contributed by atoms with Gasteiger partial charge in [-0.2, -0.15) is 0 Å². The zero-order valence-corrected chi connectivity index (χ0v) is 23.0. The molecule has 0 spiro atoms. The Hall–Kier alpha value is -2.76. The van der Waals surface area contributed by atoms with Crippen LogP contribution in [0.1, 0.15) is 43.9 Å². The second kappa shape index (κ2) is 13.0. The number of thioether (sulfide) groups is 1. The molecule has 0 radical (unpaired) electrons. The summed E-state index contributed by atoms with van der Waals surface area (Å²) in [6, 6.07) is 25.0. The molecule has 3 rings (SSSR count). The van der Waals surface area contributed by atoms with Crippen LogP contribution in [0.2, 0.25) is 5.02 Å². The van der Waals surface area contributed by atoms with E-state index in [1.807, 2.05) is 75.4 Å². The normalized spacial score (nSPS) is 12.1. The number of carbonyl (C=O) groups excluding carboxylic acids is 2. The van der Waals surface area contributed by atoms with E-state index in [1.165, 1.54) is 5.56 Å². The fourth-order valence-electron chi connectivity index (χ4n) is 3.83. The molecule has 0 bridgehead atoms. The maximum atomic E-state index is 13.7. The summed E-state index contributed by atoms with van der Waals surface area (Å²) in [4.78, 5) is 30.1. The summed E-state index contributed by atoms with van der Waals surface area (Å²) in [5.74, 6) is 0.437. The van der Waals surface area contributed by atoms with Crippen LogP contribution in [0.25, 0.3) is 0 Å². The van der Waals surface area contributed by atoms with E-state index in [-0.39, 0.29) is 11.8 Å². The lowest BCUT2D eigenvalue weighted by atomic mass is 10.0. The van der Waals surface area contributed by atoms with Crippen molar-refractivity contribution in [1.29, 1.82) is 0 Å². The molecule has 1 atom stereocenters. The number of benzene rings is 3. The van der Waals surface area contributed by atoms with Gasteiger partial charge < -0.3 is 10.2 Å². The molecule has 0 saturated carbocycles. The quantitative estimate of drug-likeness (QED) is 0.302. The van der Waals surface area contributed by atoms with Gasteiger partial charge >= 0.3 is 0 Å². The Morgan fingerprint density at radius 1 is 0.917 bits per heavy atom. The first-order chi connectivity index (χ1) is 17.1. The van der Waals surface area contributed by atoms with Gasteiger partial charge in [0.1, 0.15) is 6.04 Å². The van der Waals surface area contributed by atoms with Crippen LogP contribution in [-0.2, 0) is 22.6 Å². The molecule has 0 aliphatic carbocycles. The molecule has 0 fully saturated rings. The molecule has 4 nitrogen and oxygen atoms in total. The van der Waals surface area contributed by atoms with Crippen LogP contribution in [0.3, 0.4) is 0 Å². The predicted molar refractivity (Wildman–Crippen MR) is 150 cm³/mol. The Morgan fingerprint density at radius 2 is 1.56 bits per heavy atom. The summed E-state index contributed by atoms with van der Waals surface area (Å²) in [5, 5.41) is 3.73. The number of hydrogen-bond donors (Lipinski definition) is 1. The van der Waals surface area contributed by atoms with Crippen molar-refractivity contribution in [3.63, 3.8) is 0 Å². The number of nitrogens with zero attached hydrogens (tertiary/aromatic N) is 1. The fraction of sp³-hybridized carbons (Fsp3) is 0.333. The van der Waals surface area contributed by atoms with E-state index in [4.69, 9.17) is 11.6 Å². The molecule has 3 aromatic rings. The second-order valence-electron chi connectivity index (χ2n) is 10.0. The van der Waals surface area contributed by atoms with E-state index in [1.54, 1.807) is 16.7 Å². The molecule has 36 heavy (non-hydrogen) atoms. The van der Waals surface area contributed by atoms with Crippen molar-refractivity contribution in [3.05, 3.63) is 101 Å². The number of carbonyl (C=O) groups is 2. The van der Waals surface area contributed by atoms with Gasteiger partial charge in [-0.1, -0.05) is 71.8 Å². The van der Waals surface area contributed by atoms with Crippen molar-refractivity contribution < 1.29 is 9.59 Å². The topological polar surface area (TPSA) is 49.4 Å². The fourth-order valence-corrected chi connectivity index (χ4v) is 4.79. The van der Waals surface area contributed by atoms with Gasteiger partial charge in [0, 0.05) is 40.6 Å². The summed E-state index contributed by atoms with van der Waals surface area (Å²) in [6.07, 6.45) is 0.771. The largest absolute Gasteiger partial charge is 0.350 e. The third-order valence-electron chi connectivity index (χ3n) is 5.64. The summed E-state index contributed by atoms with van der Waals surface area (Å²) in [7, 11) is 0. The highest BCUT2D eigenvalue weighted by molar-refractivity contribution is 7.99. The molecular weight excluding hydrogens is 488 g/mol. The first-order valence-corrected chi connectivity index (χ1v) is 13.6. The van der Waals surface area contributed by atoms with E-state index in [0.717, 1.165) is 16.0 Å². The third kappa shape index (κ3) is 9.03. The van der Waals surface area contributed by atoms with Crippen molar-refractivity contribution in [2.45, 2.75) is 63.6 Å². The number of hydrogen-bond acceptors (Lipinski definition) is 3. The molecule has 0 aromatic heterocycles. The molecule has 1 N–H and O–H groups in total. The summed E-state index contributed by atoms with van der Waals surface area (Å²) < 4.78 is 0. The maximum absolute atomic E-state index is 13.7. The Morgan fingerprint density at radius 3 is 2.17 bits per heavy atom. The van der Waals surface area contributed by atoms with Gasteiger partial charge in [-0.05, 0) is 63.1 Å². The van der Waals surface area contributed by atoms with Crippen molar-refractivity contribution in [3.8, 4) is 0 Å². The summed E-state index contributed by atoms with van der Waals surface area (Å²) >= 11 is 7.74. The third-order valence-corrected chi connectivity index (χ3v) is 6.91. The second-order valence-corrected chi connectivity index (χ2v) is 11.6. The van der Waals surface area contributed by atoms with E-state index >= 15 is 0 Å². The Kier molecular flexibility index (Phi) is 10.0. The van der Waals surface area contributed by atoms with E-state index < -0.39 is 11.6 Å². The van der Waals surface area contributed by atoms with Crippen LogP contribution in [0.4, 0.5) is 0 Å². The number of aryl methyl sites for hydroxylation is 1. The average Bonchev–Trinajstić information content (AvgIpc) is 2.83. The highest BCUT2D eigenvalue weighted by Gasteiger charge is 2.32. The minimum atomic E-state index is -0.640. The van der Waals surface area contributed by atoms with Crippen molar-refractivity contribution in [2.75, 3.05) is 5.75 Å². The smallest absolute Gasteiger partial charge is 0.243 e. The standard InChI is InChI=1S/C30H35ClN2O2S/c1-22-10-16-26(17-11-22)36-19-18-28(34)33(21-24-12-14-25(31)15-13-24)27(29(35)32-30(2,3)4)20-23-8-6-5-7-9-23/h5-17,27H,18-21H2,1-4H3,(H,32,35)/t27-/m0/s1. The maximum Gasteiger partial charge on any atom is 0.243 e. The van der Waals surface area contributed by atoms with Crippen LogP contribution < -0.4 is 5.32 Å². The van der Waals surface area contributed by atoms with E-state index in [2.05, 4.69) is 36.5 Å². The Bertz CT molecular complexity index is 1130. The van der Waals surface area contributed by atoms with Crippen LogP contribution in [0, 0.1) is 6.92 Å². The number of rotatable bonds is 10. The highest BCUT2D eigenvalue weighted by Crippen LogP contribution is 2.22. The zero-order valence-electron chi connectivity index (χ0n) is 21.5. The van der Waals surface area contributed by atoms with Gasteiger partial charge in [0.2, 0.25) is 11.8 Å². The van der Waals surface area contributed by atoms with Crippen LogP contribution in [0.15, 0.2) is 83.8 Å². The zero-order chi connectivity index (χ0) is 26.1. The minimum Gasteiger partial charge on any atom is -0.350 e. The lowest BCUT2D eigenvalue weighted by Crippen LogP contribution is -2.54. The molecule has 190 valence electrons. The molecule has 0 saturated heterocycles. The van der Waals surface area contributed by atoms with Gasteiger partial charge in [0.25, 0.3) is 0 Å². The van der Waals surface area contributed by atoms with Gasteiger partial charge in [0.15, 0.2) is 0 Å². The number of amides is 2. The Balaban J connectivity index is 1.85. The van der Waals surface area contributed by atoms with Gasteiger partial charge in [-0.15, -0.1) is 11.8 Å². The van der Waals surface area contributed by atoms with Gasteiger partial charge in [0.05, 0.1) is 0 Å². The lowest BCUT2D eigenvalue weighted by molar-refractivity contribution is -0.141. The average molecular weight is 523 g/mol. The van der Waals surface area contributed by atoms with Gasteiger partial charge in [-0.25, -0.2) is 0 Å². The first-order valence-electron chi connectivity index (χ1n) is 12.2. The summed E-state index contributed by atoms with van der Waals surface area (Å²) in [5.41, 5.74) is 2.73. The van der Waals surface area contributed by atoms with Crippen molar-refractivity contribution in [2.24, 2.45) is 0 Å². The van der Waals surface area contributed by atoms with Gasteiger partial charge in [-0.3, -0.25) is 9.59 Å². The molecule has 3 aromatic carbocycles. The van der Waals surface area contributed by atoms with Crippen molar-refractivity contribution in [1.82, 2.24) is 10.2 Å². The monoisotopic (exact) mass is 522 g/mol. The molecule has 2 amide bonds. The van der Waals surface area contributed by atoms with Crippen LogP contribution in [0.5, 0.6) is 0 Å². The van der Waals surface area contributed by atoms with E-state index in [0.29, 0.717) is 30.2 Å². The van der Waals surface area contributed by atoms with Crippen LogP contribution in [-0.4, -0.2) is 34.0 Å². The molecule has 0 aliphatic rings. The first kappa shape index (κ1) is 27.8. The SMILES string of the molecule is Cc1ccc(SCCC(=O)N(Cc2ccc(Cl)cc2)[C@@H](Cc2ccccc2)C(=O)NC(C)(C)C)cc1. The predicted octanol–water partition coefficient (Wildman–Crippen LogP) is 6.69. The van der Waals surface area contributed by atoms with Crippen molar-refractivity contribution >= 4 is 35.2 Å². The molecule has 0 heterocycles. The molecular formula is C30H35ClN2O2S. The molecule has 6 heteroatoms. The lowest BCUT2D eigenvalue weighted by Gasteiger charge is -2.34. The highest BCUT2D eigenvalue weighted by atomic mass is 35.5. The molecule has 0 unspecified atom stereocenters. The van der Waals surface area contributed by atoms with E-state index in [9.17, 15) is 9.59 Å². The van der Waals surface area contributed by atoms with Crippen LogP contribution >= 0.6 is 23.4 Å².